The Morgan fingerprint density at radius 1 is 1.07 bits per heavy atom. The van der Waals surface area contributed by atoms with E-state index in [1.165, 1.54) is 18.9 Å². The lowest BCUT2D eigenvalue weighted by molar-refractivity contribution is -0.136. The summed E-state index contributed by atoms with van der Waals surface area (Å²) in [5.41, 5.74) is 3.73. The van der Waals surface area contributed by atoms with E-state index in [1.54, 1.807) is 7.11 Å². The fourth-order valence-electron chi connectivity index (χ4n) is 5.02. The molecule has 10 heteroatoms. The first-order valence-corrected chi connectivity index (χ1v) is 14.2. The van der Waals surface area contributed by atoms with E-state index in [2.05, 4.69) is 0 Å². The van der Waals surface area contributed by atoms with Crippen LogP contribution in [0.4, 0.5) is 0 Å². The fourth-order valence-corrected chi connectivity index (χ4v) is 5.95. The number of carbonyl (C=O) groups is 2. The highest BCUT2D eigenvalue weighted by Gasteiger charge is 2.42. The molecule has 3 heterocycles. The highest BCUT2D eigenvalue weighted by atomic mass is 32.2. The van der Waals surface area contributed by atoms with Crippen molar-refractivity contribution in [3.8, 4) is 11.5 Å². The van der Waals surface area contributed by atoms with Crippen LogP contribution in [0.3, 0.4) is 0 Å². The van der Waals surface area contributed by atoms with Crippen molar-refractivity contribution in [1.82, 2.24) is 9.80 Å². The number of hydrogen-bond donors (Lipinski definition) is 0. The molecule has 3 aliphatic heterocycles. The summed E-state index contributed by atoms with van der Waals surface area (Å²) >= 11 is 1.46. The maximum absolute atomic E-state index is 13.2. The summed E-state index contributed by atoms with van der Waals surface area (Å²) in [4.78, 5) is 35.0. The number of amides is 1. The third-order valence-electron chi connectivity index (χ3n) is 7.07. The molecule has 3 aliphatic rings. The molecule has 2 aromatic rings. The van der Waals surface area contributed by atoms with Crippen LogP contribution in [-0.2, 0) is 25.7 Å². The first-order valence-electron chi connectivity index (χ1n) is 13.3. The second-order valence-electron chi connectivity index (χ2n) is 9.45. The van der Waals surface area contributed by atoms with Gasteiger partial charge in [-0.15, -0.1) is 0 Å². The van der Waals surface area contributed by atoms with Crippen molar-refractivity contribution < 1.29 is 28.5 Å². The van der Waals surface area contributed by atoms with Gasteiger partial charge in [-0.2, -0.15) is 0 Å². The number of benzene rings is 2. The molecule has 5 rings (SSSR count). The van der Waals surface area contributed by atoms with Gasteiger partial charge in [0.1, 0.15) is 6.61 Å². The predicted molar refractivity (Wildman–Crippen MR) is 153 cm³/mol. The van der Waals surface area contributed by atoms with Gasteiger partial charge in [-0.1, -0.05) is 55.1 Å². The van der Waals surface area contributed by atoms with E-state index in [-0.39, 0.29) is 12.3 Å². The highest BCUT2D eigenvalue weighted by Crippen LogP contribution is 2.47. The average Bonchev–Trinajstić information content (AvgIpc) is 3.41. The van der Waals surface area contributed by atoms with E-state index in [0.717, 1.165) is 22.0 Å². The summed E-state index contributed by atoms with van der Waals surface area (Å²) in [5.74, 6) is 0.695. The smallest absolute Gasteiger partial charge is 0.338 e. The normalized spacial score (nSPS) is 18.6. The van der Waals surface area contributed by atoms with Crippen molar-refractivity contribution >= 4 is 28.8 Å². The minimum Gasteiger partial charge on any atom is -0.493 e. The van der Waals surface area contributed by atoms with Crippen LogP contribution >= 0.6 is 11.8 Å². The number of fused-ring (bicyclic) bond motifs is 1. The van der Waals surface area contributed by atoms with Crippen molar-refractivity contribution in [2.45, 2.75) is 32.4 Å². The summed E-state index contributed by atoms with van der Waals surface area (Å²) < 4.78 is 22.5. The molecule has 2 aromatic carbocycles. The number of rotatable bonds is 9. The minimum absolute atomic E-state index is 0.0160. The lowest BCUT2D eigenvalue weighted by atomic mass is 9.92. The van der Waals surface area contributed by atoms with Crippen LogP contribution in [0.5, 0.6) is 11.5 Å². The van der Waals surface area contributed by atoms with Gasteiger partial charge in [0.15, 0.2) is 16.7 Å². The number of morpholine rings is 1. The minimum atomic E-state index is -0.550. The van der Waals surface area contributed by atoms with E-state index < -0.39 is 12.0 Å². The lowest BCUT2D eigenvalue weighted by Gasteiger charge is -2.37. The molecule has 0 N–H and O–H groups in total. The van der Waals surface area contributed by atoms with Gasteiger partial charge in [0.25, 0.3) is 0 Å². The Bertz CT molecular complexity index is 1350. The van der Waals surface area contributed by atoms with Gasteiger partial charge in [0, 0.05) is 18.8 Å². The van der Waals surface area contributed by atoms with Crippen molar-refractivity contribution in [2.75, 3.05) is 40.5 Å². The molecule has 0 saturated carbocycles. The van der Waals surface area contributed by atoms with E-state index in [4.69, 9.17) is 23.9 Å². The van der Waals surface area contributed by atoms with Gasteiger partial charge in [0.2, 0.25) is 5.91 Å². The highest BCUT2D eigenvalue weighted by molar-refractivity contribution is 8.16. The van der Waals surface area contributed by atoms with Gasteiger partial charge in [-0.05, 0) is 35.1 Å². The number of hydrogen-bond acceptors (Lipinski definition) is 9. The monoisotopic (exact) mass is 563 g/mol. The van der Waals surface area contributed by atoms with Gasteiger partial charge >= 0.3 is 5.97 Å². The molecule has 9 nitrogen and oxygen atoms in total. The van der Waals surface area contributed by atoms with Crippen molar-refractivity contribution in [2.24, 2.45) is 4.99 Å². The molecule has 0 radical (unpaired) electrons. The molecule has 1 atom stereocenters. The topological polar surface area (TPSA) is 89.9 Å². The van der Waals surface area contributed by atoms with Crippen molar-refractivity contribution in [3.05, 3.63) is 82.0 Å². The molecule has 1 fully saturated rings. The Morgan fingerprint density at radius 2 is 1.85 bits per heavy atom. The zero-order chi connectivity index (χ0) is 28.1. The van der Waals surface area contributed by atoms with E-state index in [1.807, 2.05) is 70.7 Å². The van der Waals surface area contributed by atoms with Gasteiger partial charge < -0.3 is 28.7 Å². The Morgan fingerprint density at radius 3 is 2.55 bits per heavy atom. The van der Waals surface area contributed by atoms with Crippen LogP contribution in [0.2, 0.25) is 0 Å². The number of nitrogens with zero attached hydrogens (tertiary/aromatic N) is 3. The Kier molecular flexibility index (Phi) is 8.76. The van der Waals surface area contributed by atoms with Gasteiger partial charge in [-0.3, -0.25) is 4.79 Å². The quantitative estimate of drug-likeness (QED) is 0.407. The van der Waals surface area contributed by atoms with Crippen LogP contribution in [0.15, 0.2) is 75.9 Å². The van der Waals surface area contributed by atoms with E-state index in [0.29, 0.717) is 62.1 Å². The summed E-state index contributed by atoms with van der Waals surface area (Å²) in [6.45, 7) is 4.56. The lowest BCUT2D eigenvalue weighted by Crippen LogP contribution is -2.42. The van der Waals surface area contributed by atoms with Crippen LogP contribution in [0.25, 0.3) is 0 Å². The number of aliphatic imine (C=N–C) groups is 1. The molecule has 0 aromatic heterocycles. The van der Waals surface area contributed by atoms with Crippen LogP contribution in [0.1, 0.15) is 36.9 Å². The van der Waals surface area contributed by atoms with Crippen LogP contribution in [-0.4, -0.2) is 67.4 Å². The third kappa shape index (κ3) is 5.73. The number of esters is 1. The number of thioether (sulfide) groups is 1. The number of amidine groups is 1. The summed E-state index contributed by atoms with van der Waals surface area (Å²) in [6, 6.07) is 15.0. The molecule has 0 aliphatic carbocycles. The maximum atomic E-state index is 13.2. The van der Waals surface area contributed by atoms with Crippen LogP contribution in [0, 0.1) is 0 Å². The first-order chi connectivity index (χ1) is 19.5. The average molecular weight is 564 g/mol. The van der Waals surface area contributed by atoms with E-state index in [9.17, 15) is 9.59 Å². The summed E-state index contributed by atoms with van der Waals surface area (Å²) in [6.07, 6.45) is 0.740. The first kappa shape index (κ1) is 27.8. The van der Waals surface area contributed by atoms with Gasteiger partial charge in [-0.25, -0.2) is 9.79 Å². The molecular formula is C30H33N3O6S. The van der Waals surface area contributed by atoms with Gasteiger partial charge in [0.05, 0.1) is 51.2 Å². The predicted octanol–water partition coefficient (Wildman–Crippen LogP) is 4.66. The fraction of sp³-hybridized carbons (Fsp3) is 0.367. The number of ether oxygens (including phenoxy) is 4. The Labute approximate surface area is 238 Å². The number of methoxy groups -OCH3 is 2. The number of carbonyl (C=O) groups excluding carboxylic acids is 2. The number of allylic oxidation sites excluding steroid dienone is 1. The summed E-state index contributed by atoms with van der Waals surface area (Å²) in [7, 11) is 2.96. The Balaban J connectivity index is 1.49. The van der Waals surface area contributed by atoms with Crippen molar-refractivity contribution in [1.29, 1.82) is 0 Å². The summed E-state index contributed by atoms with van der Waals surface area (Å²) in [5, 5.41) is 2.68. The molecule has 40 heavy (non-hydrogen) atoms. The van der Waals surface area contributed by atoms with Crippen molar-refractivity contribution in [3.63, 3.8) is 0 Å². The van der Waals surface area contributed by atoms with Crippen LogP contribution < -0.4 is 9.47 Å². The molecule has 0 spiro atoms. The zero-order valence-electron chi connectivity index (χ0n) is 22.9. The third-order valence-corrected chi connectivity index (χ3v) is 7.95. The second-order valence-corrected chi connectivity index (χ2v) is 10.3. The molecular weight excluding hydrogens is 530 g/mol. The molecule has 0 unspecified atom stereocenters. The second kappa shape index (κ2) is 12.6. The molecule has 210 valence electrons. The largest absolute Gasteiger partial charge is 0.493 e. The molecule has 1 amide bonds. The van der Waals surface area contributed by atoms with E-state index >= 15 is 0 Å². The zero-order valence-corrected chi connectivity index (χ0v) is 23.7. The molecule has 0 bridgehead atoms. The standard InChI is InChI=1S/C30H33N3O6S/c1-4-23-27(29(35)37-3)28(21-10-11-24(25(16-21)36-2)39-18-20-8-6-5-7-9-20)33-22(19-40-30(33)31-23)17-26(34)32-12-14-38-15-13-32/h5-11,16,19,28H,4,12-15,17-18H2,1-3H3/t28-/m0/s1. The maximum Gasteiger partial charge on any atom is 0.338 e. The Hall–Kier alpha value is -3.76. The molecule has 1 saturated heterocycles. The SMILES string of the molecule is CCC1=C(C(=O)OC)[C@H](c2ccc(OCc3ccccc3)c(OC)c2)N2C(CC(=O)N3CCOCC3)=CSC2=N1.